The Bertz CT molecular complexity index is 436. The second-order valence-electron chi connectivity index (χ2n) is 5.82. The summed E-state index contributed by atoms with van der Waals surface area (Å²) in [7, 11) is 0. The molecule has 1 aromatic rings. The monoisotopic (exact) mass is 253 g/mol. The molecule has 0 radical (unpaired) electrons. The van der Waals surface area contributed by atoms with Gasteiger partial charge >= 0.3 is 5.97 Å². The summed E-state index contributed by atoms with van der Waals surface area (Å²) in [6.45, 7) is 7.94. The Hall–Kier alpha value is -1.43. The van der Waals surface area contributed by atoms with Gasteiger partial charge in [-0.1, -0.05) is 25.9 Å². The molecule has 1 fully saturated rings. The Morgan fingerprint density at radius 1 is 1.56 bits per heavy atom. The van der Waals surface area contributed by atoms with Crippen molar-refractivity contribution in [2.45, 2.75) is 39.2 Å². The van der Waals surface area contributed by atoms with Crippen molar-refractivity contribution in [2.75, 3.05) is 13.1 Å². The van der Waals surface area contributed by atoms with Gasteiger partial charge in [-0.05, 0) is 13.0 Å². The highest BCUT2D eigenvalue weighted by molar-refractivity contribution is 5.70. The van der Waals surface area contributed by atoms with Crippen LogP contribution in [0.5, 0.6) is 0 Å². The summed E-state index contributed by atoms with van der Waals surface area (Å²) < 4.78 is 5.21. The quantitative estimate of drug-likeness (QED) is 0.874. The third-order valence-corrected chi connectivity index (χ3v) is 3.10. The SMILES string of the molecule is CC(C)(C)c1nc(CN2CCC(C(=O)O)C2)no1. The zero-order valence-electron chi connectivity index (χ0n) is 11.0. The smallest absolute Gasteiger partial charge is 0.307 e. The fraction of sp³-hybridized carbons (Fsp3) is 0.750. The number of aliphatic carboxylic acids is 1. The van der Waals surface area contributed by atoms with Crippen LogP contribution in [0, 0.1) is 5.92 Å². The van der Waals surface area contributed by atoms with Crippen LogP contribution in [-0.2, 0) is 16.8 Å². The van der Waals surface area contributed by atoms with Crippen molar-refractivity contribution >= 4 is 5.97 Å². The lowest BCUT2D eigenvalue weighted by Gasteiger charge is -2.12. The lowest BCUT2D eigenvalue weighted by atomic mass is 9.97. The average molecular weight is 253 g/mol. The van der Waals surface area contributed by atoms with Crippen LogP contribution in [0.1, 0.15) is 38.9 Å². The maximum atomic E-state index is 10.9. The Labute approximate surface area is 106 Å². The molecule has 1 unspecified atom stereocenters. The number of carboxylic acids is 1. The number of likely N-dealkylation sites (tertiary alicyclic amines) is 1. The van der Waals surface area contributed by atoms with E-state index in [-0.39, 0.29) is 11.3 Å². The van der Waals surface area contributed by atoms with Gasteiger partial charge < -0.3 is 9.63 Å². The van der Waals surface area contributed by atoms with E-state index >= 15 is 0 Å². The Morgan fingerprint density at radius 3 is 2.78 bits per heavy atom. The van der Waals surface area contributed by atoms with Crippen LogP contribution in [0.25, 0.3) is 0 Å². The minimum absolute atomic E-state index is 0.153. The minimum Gasteiger partial charge on any atom is -0.481 e. The van der Waals surface area contributed by atoms with Gasteiger partial charge in [0.2, 0.25) is 5.89 Å². The molecule has 1 aliphatic rings. The van der Waals surface area contributed by atoms with E-state index < -0.39 is 5.97 Å². The lowest BCUT2D eigenvalue weighted by molar-refractivity contribution is -0.141. The molecule has 0 aliphatic carbocycles. The number of carboxylic acid groups (broad SMARTS) is 1. The number of hydrogen-bond acceptors (Lipinski definition) is 5. The van der Waals surface area contributed by atoms with Gasteiger partial charge in [-0.15, -0.1) is 0 Å². The summed E-state index contributed by atoms with van der Waals surface area (Å²) in [4.78, 5) is 17.3. The molecular formula is C12H19N3O3. The van der Waals surface area contributed by atoms with E-state index in [9.17, 15) is 4.79 Å². The molecule has 1 aromatic heterocycles. The van der Waals surface area contributed by atoms with Gasteiger partial charge in [0, 0.05) is 12.0 Å². The van der Waals surface area contributed by atoms with Crippen molar-refractivity contribution in [1.29, 1.82) is 0 Å². The van der Waals surface area contributed by atoms with Crippen LogP contribution in [0.3, 0.4) is 0 Å². The van der Waals surface area contributed by atoms with Gasteiger partial charge in [-0.3, -0.25) is 9.69 Å². The van der Waals surface area contributed by atoms with Crippen LogP contribution in [0.4, 0.5) is 0 Å². The maximum absolute atomic E-state index is 10.9. The topological polar surface area (TPSA) is 79.5 Å². The van der Waals surface area contributed by atoms with Crippen molar-refractivity contribution in [1.82, 2.24) is 15.0 Å². The highest BCUT2D eigenvalue weighted by Crippen LogP contribution is 2.21. The highest BCUT2D eigenvalue weighted by Gasteiger charge is 2.29. The molecule has 1 aliphatic heterocycles. The molecular weight excluding hydrogens is 234 g/mol. The zero-order valence-corrected chi connectivity index (χ0v) is 11.0. The van der Waals surface area contributed by atoms with E-state index in [1.54, 1.807) is 0 Å². The fourth-order valence-electron chi connectivity index (χ4n) is 2.00. The summed E-state index contributed by atoms with van der Waals surface area (Å²) in [6, 6.07) is 0. The van der Waals surface area contributed by atoms with E-state index in [4.69, 9.17) is 9.63 Å². The molecule has 0 saturated carbocycles. The van der Waals surface area contributed by atoms with E-state index in [1.807, 2.05) is 20.8 Å². The molecule has 6 nitrogen and oxygen atoms in total. The Kier molecular flexibility index (Phi) is 3.38. The number of nitrogens with zero attached hydrogens (tertiary/aromatic N) is 3. The third kappa shape index (κ3) is 2.87. The summed E-state index contributed by atoms with van der Waals surface area (Å²) in [5, 5.41) is 12.9. The molecule has 1 N–H and O–H groups in total. The van der Waals surface area contributed by atoms with Crippen LogP contribution in [0.2, 0.25) is 0 Å². The zero-order chi connectivity index (χ0) is 13.3. The van der Waals surface area contributed by atoms with Crippen molar-refractivity contribution in [3.8, 4) is 0 Å². The summed E-state index contributed by atoms with van der Waals surface area (Å²) in [5.74, 6) is 0.262. The molecule has 100 valence electrons. The normalized spacial score (nSPS) is 21.4. The number of carbonyl (C=O) groups is 1. The van der Waals surface area contributed by atoms with E-state index in [2.05, 4.69) is 15.0 Å². The first-order valence-corrected chi connectivity index (χ1v) is 6.14. The van der Waals surface area contributed by atoms with Crippen LogP contribution >= 0.6 is 0 Å². The van der Waals surface area contributed by atoms with Gasteiger partial charge in [0.25, 0.3) is 0 Å². The molecule has 1 atom stereocenters. The number of hydrogen-bond donors (Lipinski definition) is 1. The Balaban J connectivity index is 1.95. The second-order valence-corrected chi connectivity index (χ2v) is 5.82. The van der Waals surface area contributed by atoms with Gasteiger partial charge in [0.15, 0.2) is 5.82 Å². The first kappa shape index (κ1) is 13.0. The first-order chi connectivity index (χ1) is 8.36. The maximum Gasteiger partial charge on any atom is 0.307 e. The van der Waals surface area contributed by atoms with Gasteiger partial charge in [-0.25, -0.2) is 0 Å². The molecule has 0 spiro atoms. The largest absolute Gasteiger partial charge is 0.481 e. The van der Waals surface area contributed by atoms with E-state index in [1.165, 1.54) is 0 Å². The Morgan fingerprint density at radius 2 is 2.28 bits per heavy atom. The predicted octanol–water partition coefficient (Wildman–Crippen LogP) is 1.27. The van der Waals surface area contributed by atoms with Gasteiger partial charge in [-0.2, -0.15) is 4.98 Å². The van der Waals surface area contributed by atoms with E-state index in [0.717, 1.165) is 6.54 Å². The summed E-state index contributed by atoms with van der Waals surface area (Å²) in [6.07, 6.45) is 0.694. The highest BCUT2D eigenvalue weighted by atomic mass is 16.5. The average Bonchev–Trinajstić information content (AvgIpc) is 2.85. The first-order valence-electron chi connectivity index (χ1n) is 6.14. The summed E-state index contributed by atoms with van der Waals surface area (Å²) >= 11 is 0. The fourth-order valence-corrected chi connectivity index (χ4v) is 2.00. The summed E-state index contributed by atoms with van der Waals surface area (Å²) in [5.41, 5.74) is -0.153. The lowest BCUT2D eigenvalue weighted by Crippen LogP contribution is -2.23. The van der Waals surface area contributed by atoms with Gasteiger partial charge in [0.1, 0.15) is 0 Å². The van der Waals surface area contributed by atoms with Crippen molar-refractivity contribution in [3.63, 3.8) is 0 Å². The molecule has 0 amide bonds. The standard InChI is InChI=1S/C12H19N3O3/c1-12(2,3)11-13-9(14-18-11)7-15-5-4-8(6-15)10(16)17/h8H,4-7H2,1-3H3,(H,16,17). The third-order valence-electron chi connectivity index (χ3n) is 3.10. The molecule has 2 rings (SSSR count). The van der Waals surface area contributed by atoms with Gasteiger partial charge in [0.05, 0.1) is 12.5 Å². The molecule has 2 heterocycles. The van der Waals surface area contributed by atoms with Crippen molar-refractivity contribution in [3.05, 3.63) is 11.7 Å². The minimum atomic E-state index is -0.721. The molecule has 1 saturated heterocycles. The number of rotatable bonds is 3. The van der Waals surface area contributed by atoms with Crippen molar-refractivity contribution in [2.24, 2.45) is 5.92 Å². The molecule has 6 heteroatoms. The van der Waals surface area contributed by atoms with Crippen LogP contribution in [0.15, 0.2) is 4.52 Å². The number of aromatic nitrogens is 2. The predicted molar refractivity (Wildman–Crippen MR) is 64.0 cm³/mol. The van der Waals surface area contributed by atoms with Crippen LogP contribution < -0.4 is 0 Å². The molecule has 0 aromatic carbocycles. The van der Waals surface area contributed by atoms with E-state index in [0.29, 0.717) is 31.2 Å². The van der Waals surface area contributed by atoms with Crippen molar-refractivity contribution < 1.29 is 14.4 Å². The molecule has 0 bridgehead atoms. The molecule has 18 heavy (non-hydrogen) atoms. The second kappa shape index (κ2) is 4.68. The van der Waals surface area contributed by atoms with Crippen LogP contribution in [-0.4, -0.2) is 39.2 Å².